The molecule has 102 valence electrons. The predicted octanol–water partition coefficient (Wildman–Crippen LogP) is 1.87. The van der Waals surface area contributed by atoms with Crippen molar-refractivity contribution < 1.29 is 4.79 Å². The lowest BCUT2D eigenvalue weighted by Gasteiger charge is -2.16. The highest BCUT2D eigenvalue weighted by Crippen LogP contribution is 2.18. The Hall–Kier alpha value is -1.20. The van der Waals surface area contributed by atoms with Crippen LogP contribution >= 0.6 is 12.4 Å². The van der Waals surface area contributed by atoms with Crippen LogP contribution in [0, 0.1) is 0 Å². The van der Waals surface area contributed by atoms with E-state index >= 15 is 0 Å². The Balaban J connectivity index is 0.00000289. The van der Waals surface area contributed by atoms with Gasteiger partial charge < -0.3 is 11.1 Å². The van der Waals surface area contributed by atoms with Gasteiger partial charge in [0.25, 0.3) is 0 Å². The molecule has 0 aliphatic carbocycles. The van der Waals surface area contributed by atoms with E-state index in [2.05, 4.69) is 15.3 Å². The molecule has 0 saturated heterocycles. The number of carbonyl (C=O) groups excluding carboxylic acids is 1. The van der Waals surface area contributed by atoms with E-state index in [0.717, 1.165) is 5.82 Å². The molecule has 0 fully saturated rings. The van der Waals surface area contributed by atoms with Crippen molar-refractivity contribution in [2.45, 2.75) is 45.6 Å². The number of amides is 1. The third-order valence-corrected chi connectivity index (χ3v) is 2.11. The second kappa shape index (κ2) is 6.66. The van der Waals surface area contributed by atoms with Crippen LogP contribution in [0.25, 0.3) is 0 Å². The lowest BCUT2D eigenvalue weighted by atomic mass is 9.96. The Labute approximate surface area is 114 Å². The normalized spacial score (nSPS) is 12.5. The smallest absolute Gasteiger partial charge is 0.226 e. The summed E-state index contributed by atoms with van der Waals surface area (Å²) in [5, 5.41) is 2.71. The number of nitrogens with two attached hydrogens (primary N) is 1. The molecule has 0 spiro atoms. The average molecular weight is 273 g/mol. The number of hydrogen-bond donors (Lipinski definition) is 2. The first-order valence-corrected chi connectivity index (χ1v) is 5.67. The van der Waals surface area contributed by atoms with Crippen molar-refractivity contribution in [1.82, 2.24) is 9.97 Å². The first-order chi connectivity index (χ1) is 7.79. The molecule has 1 heterocycles. The van der Waals surface area contributed by atoms with Crippen LogP contribution in [-0.2, 0) is 10.2 Å². The first-order valence-electron chi connectivity index (χ1n) is 5.67. The number of anilines is 1. The number of nitrogens with one attached hydrogen (secondary N) is 1. The number of hydrogen-bond acceptors (Lipinski definition) is 4. The molecule has 1 atom stereocenters. The van der Waals surface area contributed by atoms with Crippen molar-refractivity contribution in [1.29, 1.82) is 0 Å². The molecule has 1 rings (SSSR count). The Morgan fingerprint density at radius 1 is 1.39 bits per heavy atom. The SMILES string of the molecule is CC(N)CC(=O)Nc1cnc(C(C)(C)C)nc1.Cl. The molecule has 0 aliphatic rings. The Kier molecular flexibility index (Phi) is 6.21. The number of carbonyl (C=O) groups is 1. The summed E-state index contributed by atoms with van der Waals surface area (Å²) in [6.45, 7) is 7.91. The second-order valence-electron chi connectivity index (χ2n) is 5.27. The van der Waals surface area contributed by atoms with Gasteiger partial charge in [0.2, 0.25) is 5.91 Å². The summed E-state index contributed by atoms with van der Waals surface area (Å²) in [7, 11) is 0. The monoisotopic (exact) mass is 272 g/mol. The third kappa shape index (κ3) is 5.42. The van der Waals surface area contributed by atoms with Gasteiger partial charge in [-0.05, 0) is 6.92 Å². The molecule has 1 amide bonds. The van der Waals surface area contributed by atoms with Gasteiger partial charge >= 0.3 is 0 Å². The van der Waals surface area contributed by atoms with Crippen molar-refractivity contribution in [3.8, 4) is 0 Å². The molecule has 0 aromatic carbocycles. The molecule has 1 unspecified atom stereocenters. The van der Waals surface area contributed by atoms with E-state index in [0.29, 0.717) is 12.1 Å². The minimum Gasteiger partial charge on any atom is -0.327 e. The molecule has 5 nitrogen and oxygen atoms in total. The molecule has 0 saturated carbocycles. The average Bonchev–Trinajstić information content (AvgIpc) is 2.15. The zero-order chi connectivity index (χ0) is 13.1. The van der Waals surface area contributed by atoms with Gasteiger partial charge in [0.05, 0.1) is 18.1 Å². The molecule has 0 aliphatic heterocycles. The summed E-state index contributed by atoms with van der Waals surface area (Å²) < 4.78 is 0. The number of halogens is 1. The highest BCUT2D eigenvalue weighted by Gasteiger charge is 2.16. The zero-order valence-electron chi connectivity index (χ0n) is 11.2. The van der Waals surface area contributed by atoms with Crippen molar-refractivity contribution in [3.05, 3.63) is 18.2 Å². The molecule has 1 aromatic rings. The van der Waals surface area contributed by atoms with E-state index in [-0.39, 0.29) is 29.8 Å². The summed E-state index contributed by atoms with van der Waals surface area (Å²) in [6.07, 6.45) is 3.53. The number of aromatic nitrogens is 2. The largest absolute Gasteiger partial charge is 0.327 e. The van der Waals surface area contributed by atoms with E-state index in [9.17, 15) is 4.79 Å². The van der Waals surface area contributed by atoms with E-state index in [1.54, 1.807) is 19.3 Å². The summed E-state index contributed by atoms with van der Waals surface area (Å²) in [6, 6.07) is -0.148. The zero-order valence-corrected chi connectivity index (χ0v) is 12.0. The fourth-order valence-electron chi connectivity index (χ4n) is 1.28. The van der Waals surface area contributed by atoms with E-state index in [1.165, 1.54) is 0 Å². The van der Waals surface area contributed by atoms with Gasteiger partial charge in [-0.1, -0.05) is 20.8 Å². The minimum atomic E-state index is -0.148. The van der Waals surface area contributed by atoms with Crippen molar-refractivity contribution in [2.75, 3.05) is 5.32 Å². The van der Waals surface area contributed by atoms with Crippen LogP contribution in [0.3, 0.4) is 0 Å². The third-order valence-electron chi connectivity index (χ3n) is 2.11. The van der Waals surface area contributed by atoms with Crippen LogP contribution in [0.15, 0.2) is 12.4 Å². The molecule has 0 radical (unpaired) electrons. The minimum absolute atomic E-state index is 0. The maximum absolute atomic E-state index is 11.5. The van der Waals surface area contributed by atoms with E-state index in [1.807, 2.05) is 20.8 Å². The van der Waals surface area contributed by atoms with Crippen LogP contribution in [0.5, 0.6) is 0 Å². The lowest BCUT2D eigenvalue weighted by Crippen LogP contribution is -2.24. The van der Waals surface area contributed by atoms with Crippen LogP contribution in [0.1, 0.15) is 39.9 Å². The summed E-state index contributed by atoms with van der Waals surface area (Å²) in [5.41, 5.74) is 6.05. The topological polar surface area (TPSA) is 80.9 Å². The highest BCUT2D eigenvalue weighted by molar-refractivity contribution is 5.90. The van der Waals surface area contributed by atoms with Crippen molar-refractivity contribution in [2.24, 2.45) is 5.73 Å². The summed E-state index contributed by atoms with van der Waals surface area (Å²) in [4.78, 5) is 19.9. The quantitative estimate of drug-likeness (QED) is 0.880. The van der Waals surface area contributed by atoms with Gasteiger partial charge in [-0.15, -0.1) is 12.4 Å². The first kappa shape index (κ1) is 16.8. The van der Waals surface area contributed by atoms with Gasteiger partial charge in [0.1, 0.15) is 5.82 Å². The molecule has 1 aromatic heterocycles. The maximum Gasteiger partial charge on any atom is 0.226 e. The standard InChI is InChI=1S/C12H20N4O.ClH/c1-8(13)5-10(17)16-9-6-14-11(15-7-9)12(2,3)4;/h6-8H,5,13H2,1-4H3,(H,16,17);1H. The molecule has 0 bridgehead atoms. The molecule has 18 heavy (non-hydrogen) atoms. The lowest BCUT2D eigenvalue weighted by molar-refractivity contribution is -0.116. The molecule has 6 heteroatoms. The predicted molar refractivity (Wildman–Crippen MR) is 74.9 cm³/mol. The second-order valence-corrected chi connectivity index (χ2v) is 5.27. The van der Waals surface area contributed by atoms with Gasteiger partial charge in [0, 0.05) is 17.9 Å². The molecule has 3 N–H and O–H groups in total. The fraction of sp³-hybridized carbons (Fsp3) is 0.583. The maximum atomic E-state index is 11.5. The van der Waals surface area contributed by atoms with Crippen LogP contribution in [0.4, 0.5) is 5.69 Å². The number of rotatable bonds is 3. The van der Waals surface area contributed by atoms with Gasteiger partial charge in [-0.25, -0.2) is 9.97 Å². The van der Waals surface area contributed by atoms with E-state index in [4.69, 9.17) is 5.73 Å². The fourth-order valence-corrected chi connectivity index (χ4v) is 1.28. The molecular formula is C12H21ClN4O. The Bertz CT molecular complexity index is 384. The Morgan fingerprint density at radius 3 is 2.28 bits per heavy atom. The van der Waals surface area contributed by atoms with Gasteiger partial charge in [0.15, 0.2) is 0 Å². The van der Waals surface area contributed by atoms with E-state index < -0.39 is 0 Å². The van der Waals surface area contributed by atoms with Crippen molar-refractivity contribution >= 4 is 24.0 Å². The van der Waals surface area contributed by atoms with Gasteiger partial charge in [-0.3, -0.25) is 4.79 Å². The van der Waals surface area contributed by atoms with Crippen LogP contribution < -0.4 is 11.1 Å². The molecular weight excluding hydrogens is 252 g/mol. The summed E-state index contributed by atoms with van der Waals surface area (Å²) in [5.74, 6) is 0.634. The van der Waals surface area contributed by atoms with Crippen molar-refractivity contribution in [3.63, 3.8) is 0 Å². The van der Waals surface area contributed by atoms with Gasteiger partial charge in [-0.2, -0.15) is 0 Å². The Morgan fingerprint density at radius 2 is 1.89 bits per heavy atom. The highest BCUT2D eigenvalue weighted by atomic mass is 35.5. The van der Waals surface area contributed by atoms with Crippen LogP contribution in [-0.4, -0.2) is 21.9 Å². The summed E-state index contributed by atoms with van der Waals surface area (Å²) >= 11 is 0. The number of nitrogens with zero attached hydrogens (tertiary/aromatic N) is 2. The van der Waals surface area contributed by atoms with Crippen LogP contribution in [0.2, 0.25) is 0 Å².